The van der Waals surface area contributed by atoms with Crippen LogP contribution in [0, 0.1) is 0 Å². The van der Waals surface area contributed by atoms with E-state index in [1.807, 2.05) is 24.3 Å². The highest BCUT2D eigenvalue weighted by Gasteiger charge is 2.18. The molecule has 0 aliphatic heterocycles. The zero-order valence-electron chi connectivity index (χ0n) is 18.7. The van der Waals surface area contributed by atoms with Crippen molar-refractivity contribution >= 4 is 27.7 Å². The second-order valence-electron chi connectivity index (χ2n) is 7.77. The minimum Gasteiger partial charge on any atom is -0.493 e. The van der Waals surface area contributed by atoms with Crippen LogP contribution in [0.2, 0.25) is 0 Å². The van der Waals surface area contributed by atoms with E-state index in [1.165, 1.54) is 25.7 Å². The van der Waals surface area contributed by atoms with E-state index in [1.54, 1.807) is 54.6 Å². The maximum atomic E-state index is 13.2. The summed E-state index contributed by atoms with van der Waals surface area (Å²) in [5, 5.41) is 1.06. The minimum absolute atomic E-state index is 0.169. The molecule has 0 radical (unpaired) electrons. The van der Waals surface area contributed by atoms with Crippen LogP contribution in [-0.4, -0.2) is 23.7 Å². The molecule has 0 saturated carbocycles. The zero-order chi connectivity index (χ0) is 23.3. The average molecular weight is 509 g/mol. The van der Waals surface area contributed by atoms with Crippen molar-refractivity contribution in [3.8, 4) is 11.5 Å². The van der Waals surface area contributed by atoms with Crippen LogP contribution in [0.3, 0.4) is 0 Å². The first-order valence-electron chi connectivity index (χ1n) is 11.4. The molecular formula is C28H29BrO4. The number of rotatable bonds is 13. The Morgan fingerprint density at radius 1 is 0.697 bits per heavy atom. The lowest BCUT2D eigenvalue weighted by molar-refractivity contribution is 0.0733. The number of unbranched alkanes of at least 4 members (excludes halogenated alkanes) is 5. The molecule has 0 unspecified atom stereocenters. The second kappa shape index (κ2) is 13.6. The van der Waals surface area contributed by atoms with Gasteiger partial charge in [-0.3, -0.25) is 4.79 Å². The minimum atomic E-state index is -0.470. The van der Waals surface area contributed by atoms with Gasteiger partial charge in [0.1, 0.15) is 11.5 Å². The van der Waals surface area contributed by atoms with Crippen molar-refractivity contribution < 1.29 is 19.1 Å². The van der Waals surface area contributed by atoms with E-state index >= 15 is 0 Å². The highest BCUT2D eigenvalue weighted by atomic mass is 79.9. The number of benzene rings is 3. The summed E-state index contributed by atoms with van der Waals surface area (Å²) in [7, 11) is 0. The molecule has 0 fully saturated rings. The molecule has 0 aliphatic carbocycles. The quantitative estimate of drug-likeness (QED) is 0.0801. The maximum absolute atomic E-state index is 13.2. The smallest absolute Gasteiger partial charge is 0.343 e. The number of carbonyl (C=O) groups excluding carboxylic acids is 2. The van der Waals surface area contributed by atoms with Gasteiger partial charge in [0.05, 0.1) is 17.7 Å². The number of ether oxygens (including phenoxy) is 2. The monoisotopic (exact) mass is 508 g/mol. The molecule has 3 aromatic rings. The summed E-state index contributed by atoms with van der Waals surface area (Å²) in [6.45, 7) is 0.538. The first-order chi connectivity index (χ1) is 16.2. The van der Waals surface area contributed by atoms with Crippen molar-refractivity contribution in [3.05, 3.63) is 95.6 Å². The van der Waals surface area contributed by atoms with Gasteiger partial charge in [-0.25, -0.2) is 4.79 Å². The molecule has 172 valence electrons. The van der Waals surface area contributed by atoms with Gasteiger partial charge < -0.3 is 9.47 Å². The van der Waals surface area contributed by atoms with Crippen LogP contribution in [0.5, 0.6) is 11.5 Å². The summed E-state index contributed by atoms with van der Waals surface area (Å²) in [5.74, 6) is 0.171. The summed E-state index contributed by atoms with van der Waals surface area (Å²) in [6, 6.07) is 22.8. The predicted octanol–water partition coefficient (Wildman–Crippen LogP) is 7.25. The lowest BCUT2D eigenvalue weighted by Gasteiger charge is -2.13. The number of alkyl halides is 1. The predicted molar refractivity (Wildman–Crippen MR) is 135 cm³/mol. The summed E-state index contributed by atoms with van der Waals surface area (Å²) < 4.78 is 11.5. The van der Waals surface area contributed by atoms with Crippen LogP contribution in [0.15, 0.2) is 78.9 Å². The molecular weight excluding hydrogens is 480 g/mol. The third-order valence-corrected chi connectivity index (χ3v) is 5.80. The molecule has 0 heterocycles. The molecule has 0 aliphatic rings. The SMILES string of the molecule is O=C(Oc1ccc(OCCCCCCCCBr)c(C(=O)c2ccccc2)c1)c1ccccc1. The number of hydrogen-bond acceptors (Lipinski definition) is 4. The Balaban J connectivity index is 1.69. The Hall–Kier alpha value is -2.92. The van der Waals surface area contributed by atoms with Crippen molar-refractivity contribution in [1.82, 2.24) is 0 Å². The molecule has 0 amide bonds. The molecule has 0 spiro atoms. The Morgan fingerprint density at radius 3 is 1.97 bits per heavy atom. The molecule has 0 bridgehead atoms. The van der Waals surface area contributed by atoms with Crippen molar-refractivity contribution in [2.45, 2.75) is 38.5 Å². The third kappa shape index (κ3) is 7.86. The van der Waals surface area contributed by atoms with E-state index in [0.29, 0.717) is 34.8 Å². The van der Waals surface area contributed by atoms with E-state index in [4.69, 9.17) is 9.47 Å². The van der Waals surface area contributed by atoms with Gasteiger partial charge in [0.2, 0.25) is 0 Å². The van der Waals surface area contributed by atoms with Gasteiger partial charge in [-0.1, -0.05) is 90.1 Å². The van der Waals surface area contributed by atoms with Crippen molar-refractivity contribution in [2.75, 3.05) is 11.9 Å². The van der Waals surface area contributed by atoms with Crippen LogP contribution in [0.25, 0.3) is 0 Å². The van der Waals surface area contributed by atoms with Gasteiger partial charge in [-0.05, 0) is 43.2 Å². The van der Waals surface area contributed by atoms with E-state index < -0.39 is 5.97 Å². The molecule has 3 aromatic carbocycles. The maximum Gasteiger partial charge on any atom is 0.343 e. The van der Waals surface area contributed by atoms with Gasteiger partial charge >= 0.3 is 5.97 Å². The van der Waals surface area contributed by atoms with Crippen molar-refractivity contribution in [1.29, 1.82) is 0 Å². The molecule has 4 nitrogen and oxygen atoms in total. The van der Waals surface area contributed by atoms with Gasteiger partial charge in [-0.15, -0.1) is 0 Å². The molecule has 0 saturated heterocycles. The summed E-state index contributed by atoms with van der Waals surface area (Å²) in [5.41, 5.74) is 1.39. The Kier molecular flexibility index (Phi) is 10.2. The fraction of sp³-hybridized carbons (Fsp3) is 0.286. The Bertz CT molecular complexity index is 1020. The summed E-state index contributed by atoms with van der Waals surface area (Å²) in [4.78, 5) is 25.6. The molecule has 0 aromatic heterocycles. The molecule has 5 heteroatoms. The van der Waals surface area contributed by atoms with E-state index in [9.17, 15) is 9.59 Å². The van der Waals surface area contributed by atoms with E-state index in [0.717, 1.165) is 18.2 Å². The second-order valence-corrected chi connectivity index (χ2v) is 8.56. The van der Waals surface area contributed by atoms with Gasteiger partial charge in [0, 0.05) is 10.9 Å². The molecule has 0 N–H and O–H groups in total. The fourth-order valence-electron chi connectivity index (χ4n) is 3.45. The summed E-state index contributed by atoms with van der Waals surface area (Å²) in [6.07, 6.45) is 6.88. The fourth-order valence-corrected chi connectivity index (χ4v) is 3.84. The lowest BCUT2D eigenvalue weighted by Crippen LogP contribution is -2.10. The number of esters is 1. The Labute approximate surface area is 204 Å². The molecule has 33 heavy (non-hydrogen) atoms. The largest absolute Gasteiger partial charge is 0.493 e. The number of halogens is 1. The van der Waals surface area contributed by atoms with Gasteiger partial charge in [0.25, 0.3) is 0 Å². The van der Waals surface area contributed by atoms with Gasteiger partial charge in [-0.2, -0.15) is 0 Å². The average Bonchev–Trinajstić information content (AvgIpc) is 2.87. The Morgan fingerprint density at radius 2 is 1.30 bits per heavy atom. The standard InChI is InChI=1S/C28H29BrO4/c29-19-11-3-1-2-4-12-20-32-26-18-17-24(33-28(31)23-15-9-6-10-16-23)21-25(26)27(30)22-13-7-5-8-14-22/h5-10,13-18,21H,1-4,11-12,19-20H2. The van der Waals surface area contributed by atoms with Crippen LogP contribution in [0.1, 0.15) is 64.8 Å². The topological polar surface area (TPSA) is 52.6 Å². The zero-order valence-corrected chi connectivity index (χ0v) is 20.3. The van der Waals surface area contributed by atoms with Crippen molar-refractivity contribution in [3.63, 3.8) is 0 Å². The van der Waals surface area contributed by atoms with E-state index in [-0.39, 0.29) is 5.78 Å². The summed E-state index contributed by atoms with van der Waals surface area (Å²) >= 11 is 3.46. The number of carbonyl (C=O) groups is 2. The highest BCUT2D eigenvalue weighted by Crippen LogP contribution is 2.28. The van der Waals surface area contributed by atoms with Gasteiger partial charge in [0.15, 0.2) is 5.78 Å². The lowest BCUT2D eigenvalue weighted by atomic mass is 10.0. The molecule has 3 rings (SSSR count). The molecule has 0 atom stereocenters. The van der Waals surface area contributed by atoms with Crippen LogP contribution >= 0.6 is 15.9 Å². The van der Waals surface area contributed by atoms with Crippen LogP contribution < -0.4 is 9.47 Å². The van der Waals surface area contributed by atoms with Crippen molar-refractivity contribution in [2.24, 2.45) is 0 Å². The van der Waals surface area contributed by atoms with E-state index in [2.05, 4.69) is 15.9 Å². The number of ketones is 1. The first kappa shape index (κ1) is 24.7. The third-order valence-electron chi connectivity index (χ3n) is 5.24. The normalized spacial score (nSPS) is 10.6. The van der Waals surface area contributed by atoms with Crippen LogP contribution in [-0.2, 0) is 0 Å². The van der Waals surface area contributed by atoms with Crippen LogP contribution in [0.4, 0.5) is 0 Å². The highest BCUT2D eigenvalue weighted by molar-refractivity contribution is 9.09. The number of hydrogen-bond donors (Lipinski definition) is 0. The first-order valence-corrected chi connectivity index (χ1v) is 12.5.